The Morgan fingerprint density at radius 1 is 0.778 bits per heavy atom. The van der Waals surface area contributed by atoms with Crippen LogP contribution in [0.25, 0.3) is 11.1 Å². The Hall–Kier alpha value is -1.91. The molecule has 0 aliphatic carbocycles. The van der Waals surface area contributed by atoms with E-state index in [0.717, 1.165) is 36.4 Å². The highest BCUT2D eigenvalue weighted by molar-refractivity contribution is 5.69. The molecule has 0 N–H and O–H groups in total. The zero-order valence-electron chi connectivity index (χ0n) is 8.93. The third-order valence-electron chi connectivity index (χ3n) is 2.50. The minimum absolute atomic E-state index is 0.511. The Labute approximate surface area is 99.7 Å². The van der Waals surface area contributed by atoms with Crippen LogP contribution in [0.15, 0.2) is 36.4 Å². The zero-order chi connectivity index (χ0) is 13.3. The molecule has 0 saturated heterocycles. The highest BCUT2D eigenvalue weighted by Crippen LogP contribution is 2.35. The summed E-state index contributed by atoms with van der Waals surface area (Å²) in [6, 6.07) is 6.02. The first-order valence-electron chi connectivity index (χ1n) is 5.03. The molecule has 0 saturated carbocycles. The second kappa shape index (κ2) is 4.76. The molecular weight excluding hydrogens is 251 g/mol. The molecular formula is C13H7F5. The topological polar surface area (TPSA) is 0 Å². The number of rotatable bonds is 2. The van der Waals surface area contributed by atoms with E-state index >= 15 is 0 Å². The van der Waals surface area contributed by atoms with Gasteiger partial charge in [0.2, 0.25) is 0 Å². The predicted octanol–water partition coefficient (Wildman–Crippen LogP) is 4.71. The summed E-state index contributed by atoms with van der Waals surface area (Å²) in [5.41, 5.74) is -1.78. The van der Waals surface area contributed by atoms with E-state index in [0.29, 0.717) is 0 Å². The van der Waals surface area contributed by atoms with Crippen LogP contribution in [0.4, 0.5) is 22.0 Å². The quantitative estimate of drug-likeness (QED) is 0.684. The fraction of sp³-hybridized carbons (Fsp3) is 0.0769. The lowest BCUT2D eigenvalue weighted by molar-refractivity contribution is 0.151. The van der Waals surface area contributed by atoms with Gasteiger partial charge in [-0.3, -0.25) is 0 Å². The summed E-state index contributed by atoms with van der Waals surface area (Å²) in [5.74, 6) is -3.57. The Bertz CT molecular complexity index is 578. The molecule has 0 unspecified atom stereocenters. The van der Waals surface area contributed by atoms with E-state index in [1.165, 1.54) is 0 Å². The molecule has 94 valence electrons. The van der Waals surface area contributed by atoms with E-state index < -0.39 is 40.6 Å². The summed E-state index contributed by atoms with van der Waals surface area (Å²) in [5, 5.41) is 0. The van der Waals surface area contributed by atoms with Crippen molar-refractivity contribution >= 4 is 0 Å². The number of halogens is 5. The van der Waals surface area contributed by atoms with Gasteiger partial charge in [-0.25, -0.2) is 22.0 Å². The van der Waals surface area contributed by atoms with Crippen LogP contribution in [0, 0.1) is 17.5 Å². The van der Waals surface area contributed by atoms with Gasteiger partial charge in [0.15, 0.2) is 11.6 Å². The molecule has 0 heterocycles. The highest BCUT2D eigenvalue weighted by atomic mass is 19.3. The smallest absolute Gasteiger partial charge is 0.206 e. The molecule has 0 atom stereocenters. The summed E-state index contributed by atoms with van der Waals surface area (Å²) in [4.78, 5) is 0. The summed E-state index contributed by atoms with van der Waals surface area (Å²) in [6.07, 6.45) is -2.97. The molecule has 18 heavy (non-hydrogen) atoms. The van der Waals surface area contributed by atoms with E-state index in [-0.39, 0.29) is 0 Å². The molecule has 0 aromatic heterocycles. The van der Waals surface area contributed by atoms with Crippen LogP contribution in [-0.2, 0) is 0 Å². The fourth-order valence-corrected chi connectivity index (χ4v) is 1.70. The van der Waals surface area contributed by atoms with Crippen molar-refractivity contribution in [1.82, 2.24) is 0 Å². The maximum Gasteiger partial charge on any atom is 0.264 e. The first-order chi connectivity index (χ1) is 8.52. The molecule has 2 rings (SSSR count). The fourth-order valence-electron chi connectivity index (χ4n) is 1.70. The van der Waals surface area contributed by atoms with Gasteiger partial charge in [-0.2, -0.15) is 0 Å². The van der Waals surface area contributed by atoms with Gasteiger partial charge < -0.3 is 0 Å². The monoisotopic (exact) mass is 258 g/mol. The second-order valence-corrected chi connectivity index (χ2v) is 3.61. The van der Waals surface area contributed by atoms with Crippen LogP contribution in [0.1, 0.15) is 12.0 Å². The third-order valence-corrected chi connectivity index (χ3v) is 2.50. The van der Waals surface area contributed by atoms with Gasteiger partial charge in [0, 0.05) is 16.7 Å². The lowest BCUT2D eigenvalue weighted by atomic mass is 9.98. The normalized spacial score (nSPS) is 11.0. The molecule has 0 bridgehead atoms. The zero-order valence-corrected chi connectivity index (χ0v) is 8.93. The van der Waals surface area contributed by atoms with Crippen LogP contribution in [0.3, 0.4) is 0 Å². The minimum Gasteiger partial charge on any atom is -0.206 e. The summed E-state index contributed by atoms with van der Waals surface area (Å²) in [7, 11) is 0. The van der Waals surface area contributed by atoms with Gasteiger partial charge in [-0.15, -0.1) is 0 Å². The molecule has 0 fully saturated rings. The Morgan fingerprint density at radius 3 is 2.06 bits per heavy atom. The second-order valence-electron chi connectivity index (χ2n) is 3.61. The van der Waals surface area contributed by atoms with E-state index in [9.17, 15) is 22.0 Å². The maximum atomic E-state index is 13.6. The van der Waals surface area contributed by atoms with Crippen LogP contribution in [0.2, 0.25) is 0 Å². The summed E-state index contributed by atoms with van der Waals surface area (Å²) < 4.78 is 65.6. The molecule has 0 aliphatic rings. The standard InChI is InChI=1S/C13H7F5/c14-9-5-2-4-8(13(17)18)11(9)7-3-1-6-10(15)12(7)16/h1-6,13H. The SMILES string of the molecule is Fc1cccc(-c2c(F)cccc2C(F)F)c1F. The van der Waals surface area contributed by atoms with Crippen molar-refractivity contribution < 1.29 is 22.0 Å². The third kappa shape index (κ3) is 2.08. The Morgan fingerprint density at radius 2 is 1.39 bits per heavy atom. The van der Waals surface area contributed by atoms with Gasteiger partial charge in [0.1, 0.15) is 5.82 Å². The average molecular weight is 258 g/mol. The number of alkyl halides is 2. The van der Waals surface area contributed by atoms with Crippen molar-refractivity contribution in [2.24, 2.45) is 0 Å². The van der Waals surface area contributed by atoms with Crippen LogP contribution < -0.4 is 0 Å². The van der Waals surface area contributed by atoms with Crippen molar-refractivity contribution in [3.63, 3.8) is 0 Å². The highest BCUT2D eigenvalue weighted by Gasteiger charge is 2.21. The minimum atomic E-state index is -2.97. The molecule has 2 aromatic carbocycles. The van der Waals surface area contributed by atoms with Crippen LogP contribution >= 0.6 is 0 Å². The van der Waals surface area contributed by atoms with E-state index in [2.05, 4.69) is 0 Å². The number of hydrogen-bond acceptors (Lipinski definition) is 0. The lowest BCUT2D eigenvalue weighted by Crippen LogP contribution is -1.97. The van der Waals surface area contributed by atoms with Crippen molar-refractivity contribution in [2.45, 2.75) is 6.43 Å². The van der Waals surface area contributed by atoms with E-state index in [1.54, 1.807) is 0 Å². The first-order valence-corrected chi connectivity index (χ1v) is 5.03. The maximum absolute atomic E-state index is 13.6. The lowest BCUT2D eigenvalue weighted by Gasteiger charge is -2.11. The molecule has 0 aliphatic heterocycles. The summed E-state index contributed by atoms with van der Waals surface area (Å²) >= 11 is 0. The number of hydrogen-bond donors (Lipinski definition) is 0. The molecule has 0 spiro atoms. The van der Waals surface area contributed by atoms with Crippen molar-refractivity contribution in [3.05, 3.63) is 59.4 Å². The molecule has 5 heteroatoms. The van der Waals surface area contributed by atoms with Crippen LogP contribution in [-0.4, -0.2) is 0 Å². The van der Waals surface area contributed by atoms with Crippen molar-refractivity contribution in [3.8, 4) is 11.1 Å². The van der Waals surface area contributed by atoms with Gasteiger partial charge in [-0.05, 0) is 12.1 Å². The molecule has 0 amide bonds. The first kappa shape index (κ1) is 12.5. The van der Waals surface area contributed by atoms with Crippen molar-refractivity contribution in [1.29, 1.82) is 0 Å². The predicted molar refractivity (Wildman–Crippen MR) is 56.7 cm³/mol. The van der Waals surface area contributed by atoms with Crippen LogP contribution in [0.5, 0.6) is 0 Å². The average Bonchev–Trinajstić information content (AvgIpc) is 2.33. The summed E-state index contributed by atoms with van der Waals surface area (Å²) in [6.45, 7) is 0. The van der Waals surface area contributed by atoms with Gasteiger partial charge in [-0.1, -0.05) is 24.3 Å². The van der Waals surface area contributed by atoms with Gasteiger partial charge >= 0.3 is 0 Å². The van der Waals surface area contributed by atoms with E-state index in [1.807, 2.05) is 0 Å². The van der Waals surface area contributed by atoms with Crippen molar-refractivity contribution in [2.75, 3.05) is 0 Å². The molecule has 2 aromatic rings. The molecule has 0 nitrogen and oxygen atoms in total. The van der Waals surface area contributed by atoms with Gasteiger partial charge in [0.25, 0.3) is 6.43 Å². The Balaban J connectivity index is 2.74. The molecule has 0 radical (unpaired) electrons. The van der Waals surface area contributed by atoms with Gasteiger partial charge in [0.05, 0.1) is 0 Å². The Kier molecular flexibility index (Phi) is 3.32. The number of benzene rings is 2. The van der Waals surface area contributed by atoms with E-state index in [4.69, 9.17) is 0 Å². The largest absolute Gasteiger partial charge is 0.264 e.